The van der Waals surface area contributed by atoms with Crippen molar-refractivity contribution in [3.05, 3.63) is 0 Å². The molecule has 0 rings (SSSR count). The molecule has 26 heteroatoms. The summed E-state index contributed by atoms with van der Waals surface area (Å²) in [5.74, 6) is 0. The van der Waals surface area contributed by atoms with Gasteiger partial charge in [0.25, 0.3) is 0 Å². The summed E-state index contributed by atoms with van der Waals surface area (Å²) < 4.78 is 44.4. The summed E-state index contributed by atoms with van der Waals surface area (Å²) in [5, 5.41) is 0. The van der Waals surface area contributed by atoms with Crippen LogP contribution in [0.3, 0.4) is 0 Å². The van der Waals surface area contributed by atoms with E-state index in [4.69, 9.17) is 96.2 Å². The summed E-state index contributed by atoms with van der Waals surface area (Å²) in [6.07, 6.45) is 0. The largest absolute Gasteiger partial charge is 0.466 e. The minimum Gasteiger partial charge on any atom is -0.303 e. The van der Waals surface area contributed by atoms with E-state index in [1.54, 1.807) is 0 Å². The van der Waals surface area contributed by atoms with E-state index in [0.29, 0.717) is 0 Å². The van der Waals surface area contributed by atoms with Gasteiger partial charge in [-0.05, 0) is 0 Å². The van der Waals surface area contributed by atoms with Crippen LogP contribution in [0.1, 0.15) is 0 Å². The zero-order valence-electron chi connectivity index (χ0n) is 11.4. The van der Waals surface area contributed by atoms with Gasteiger partial charge in [0.15, 0.2) is 0 Å². The number of rotatable bonds is 0. The Morgan fingerprint density at radius 3 is 0.269 bits per heavy atom. The van der Waals surface area contributed by atoms with Gasteiger partial charge in [-0.1, -0.05) is 0 Å². The molecule has 26 heavy (non-hydrogen) atoms. The molecule has 0 aliphatic rings. The maximum absolute atomic E-state index is 8.88. The summed E-state index contributed by atoms with van der Waals surface area (Å²) in [6.45, 7) is 0. The molecule has 1 radical (unpaired) electrons. The van der Waals surface area contributed by atoms with Crippen molar-refractivity contribution < 1.29 is 119 Å². The Hall–Kier alpha value is 1.29. The summed E-state index contributed by atoms with van der Waals surface area (Å²) in [4.78, 5) is 108. The Labute approximate surface area is 158 Å². The van der Waals surface area contributed by atoms with Crippen LogP contribution in [0.15, 0.2) is 0 Å². The summed E-state index contributed by atoms with van der Waals surface area (Å²) in [6, 6.07) is 0. The fourth-order valence-electron chi connectivity index (χ4n) is 0. The van der Waals surface area contributed by atoms with Gasteiger partial charge in [0.2, 0.25) is 0 Å². The average Bonchev–Trinajstić information content (AvgIpc) is 1.79. The summed E-state index contributed by atoms with van der Waals surface area (Å²) in [5.41, 5.74) is 0. The molecular weight excluding hydrogens is 568 g/mol. The quantitative estimate of drug-likeness (QED) is 0.0941. The smallest absolute Gasteiger partial charge is 0.303 e. The Morgan fingerprint density at radius 2 is 0.269 bits per heavy atom. The van der Waals surface area contributed by atoms with E-state index in [1.165, 1.54) is 0 Å². The third kappa shape index (κ3) is 8960. The van der Waals surface area contributed by atoms with Gasteiger partial charge in [-0.2, -0.15) is 0 Å². The van der Waals surface area contributed by atoms with Crippen molar-refractivity contribution in [1.29, 1.82) is 0 Å². The summed E-state index contributed by atoms with van der Waals surface area (Å²) >= 11 is 0. The van der Waals surface area contributed by atoms with Gasteiger partial charge < -0.3 is 73.4 Å². The fraction of sp³-hybridized carbons (Fsp3) is 0. The summed E-state index contributed by atoms with van der Waals surface area (Å²) in [7, 11) is -23.2. The van der Waals surface area contributed by atoms with E-state index >= 15 is 0 Å². The van der Waals surface area contributed by atoms with Gasteiger partial charge in [0, 0.05) is 22.4 Å². The molecule has 0 spiro atoms. The molecule has 0 atom stereocenters. The average molecular weight is 583 g/mol. The van der Waals surface area contributed by atoms with Crippen LogP contribution in [-0.4, -0.2) is 73.4 Å². The molecule has 0 aromatic rings. The van der Waals surface area contributed by atoms with Crippen LogP contribution < -0.4 is 0 Å². The molecular formula is H15NbO20P5. The third-order valence-electron chi connectivity index (χ3n) is 0. The van der Waals surface area contributed by atoms with Crippen molar-refractivity contribution in [2.45, 2.75) is 0 Å². The second-order valence-electron chi connectivity index (χ2n) is 2.57. The maximum Gasteiger partial charge on any atom is 0.466 e. The Kier molecular flexibility index (Phi) is 27.5. The van der Waals surface area contributed by atoms with Gasteiger partial charge in [0.05, 0.1) is 0 Å². The van der Waals surface area contributed by atoms with Crippen LogP contribution in [-0.2, 0) is 45.2 Å². The van der Waals surface area contributed by atoms with E-state index in [1.807, 2.05) is 0 Å². The Bertz CT molecular complexity index is 371. The van der Waals surface area contributed by atoms with Gasteiger partial charge in [-0.15, -0.1) is 0 Å². The first-order chi connectivity index (χ1) is 10.0. The van der Waals surface area contributed by atoms with Gasteiger partial charge in [-0.3, -0.25) is 0 Å². The molecule has 0 aliphatic heterocycles. The molecule has 20 nitrogen and oxygen atoms in total. The monoisotopic (exact) mass is 583 g/mol. The number of phosphoric acid groups is 5. The van der Waals surface area contributed by atoms with Crippen LogP contribution in [0.25, 0.3) is 0 Å². The second kappa shape index (κ2) is 17.2. The van der Waals surface area contributed by atoms with Crippen LogP contribution in [0.5, 0.6) is 0 Å². The number of hydrogen-bond donors (Lipinski definition) is 15. The molecule has 0 saturated heterocycles. The predicted molar refractivity (Wildman–Crippen MR) is 71.3 cm³/mol. The van der Waals surface area contributed by atoms with E-state index in [9.17, 15) is 0 Å². The molecule has 0 fully saturated rings. The van der Waals surface area contributed by atoms with Gasteiger partial charge in [0.1, 0.15) is 0 Å². The molecule has 0 saturated carbocycles. The second-order valence-corrected chi connectivity index (χ2v) is 7.70. The maximum atomic E-state index is 8.88. The van der Waals surface area contributed by atoms with Crippen molar-refractivity contribution in [1.82, 2.24) is 0 Å². The van der Waals surface area contributed by atoms with Crippen LogP contribution in [0, 0.1) is 0 Å². The first-order valence-electron chi connectivity index (χ1n) is 3.91. The minimum atomic E-state index is -4.64. The van der Waals surface area contributed by atoms with Crippen LogP contribution >= 0.6 is 39.1 Å². The Morgan fingerprint density at radius 1 is 0.269 bits per heavy atom. The number of hydrogen-bond acceptors (Lipinski definition) is 5. The topological polar surface area (TPSA) is 389 Å². The zero-order valence-corrected chi connectivity index (χ0v) is 18.1. The molecule has 0 aromatic carbocycles. The molecule has 165 valence electrons. The van der Waals surface area contributed by atoms with Crippen molar-refractivity contribution in [2.24, 2.45) is 0 Å². The van der Waals surface area contributed by atoms with E-state index in [2.05, 4.69) is 0 Å². The molecule has 0 heterocycles. The minimum absolute atomic E-state index is 0. The van der Waals surface area contributed by atoms with E-state index in [-0.39, 0.29) is 22.4 Å². The molecule has 0 aliphatic carbocycles. The Balaban J connectivity index is -0.0000000476. The molecule has 0 amide bonds. The van der Waals surface area contributed by atoms with E-state index < -0.39 is 39.1 Å². The predicted octanol–water partition coefficient (Wildman–Crippen LogP) is -4.65. The molecule has 0 aromatic heterocycles. The molecule has 0 unspecified atom stereocenters. The first-order valence-corrected chi connectivity index (χ1v) is 11.7. The van der Waals surface area contributed by atoms with Crippen molar-refractivity contribution in [2.75, 3.05) is 0 Å². The van der Waals surface area contributed by atoms with Crippen molar-refractivity contribution >= 4 is 39.1 Å². The van der Waals surface area contributed by atoms with Gasteiger partial charge >= 0.3 is 39.1 Å². The van der Waals surface area contributed by atoms with Gasteiger partial charge in [-0.25, -0.2) is 22.8 Å². The van der Waals surface area contributed by atoms with Crippen molar-refractivity contribution in [3.8, 4) is 0 Å². The molecule has 0 bridgehead atoms. The van der Waals surface area contributed by atoms with Crippen LogP contribution in [0.4, 0.5) is 0 Å². The normalized spacial score (nSPS) is 11.3. The van der Waals surface area contributed by atoms with Crippen molar-refractivity contribution in [3.63, 3.8) is 0 Å². The standard InChI is InChI=1S/Nb.5H3O4P/c;5*1-5(2,3)4/h;5*(H3,1,2,3,4). The SMILES string of the molecule is O=P(O)(O)O.O=P(O)(O)O.O=P(O)(O)O.O=P(O)(O)O.O=P(O)(O)O.[Nb]. The first kappa shape index (κ1) is 41.6. The fourth-order valence-corrected chi connectivity index (χ4v) is 0. The third-order valence-corrected chi connectivity index (χ3v) is 0. The van der Waals surface area contributed by atoms with Crippen LogP contribution in [0.2, 0.25) is 0 Å². The zero-order chi connectivity index (χ0) is 22.5. The molecule has 15 N–H and O–H groups in total. The van der Waals surface area contributed by atoms with E-state index in [0.717, 1.165) is 0 Å².